The summed E-state index contributed by atoms with van der Waals surface area (Å²) in [5.41, 5.74) is 7.44. The average molecular weight is 219 g/mol. The number of pyridine rings is 1. The van der Waals surface area contributed by atoms with Gasteiger partial charge in [0.25, 0.3) is 0 Å². The third kappa shape index (κ3) is 2.39. The molecule has 0 bridgehead atoms. The highest BCUT2D eigenvalue weighted by molar-refractivity contribution is 5.93. The molecule has 4 heteroatoms. The predicted octanol–water partition coefficient (Wildman–Crippen LogP) is 1.46. The Morgan fingerprint density at radius 1 is 1.56 bits per heavy atom. The Kier molecular flexibility index (Phi) is 3.19. The molecule has 4 nitrogen and oxygen atoms in total. The fraction of sp³-hybridized carbons (Fsp3) is 0.500. The van der Waals surface area contributed by atoms with E-state index >= 15 is 0 Å². The van der Waals surface area contributed by atoms with E-state index in [1.165, 1.54) is 0 Å². The summed E-state index contributed by atoms with van der Waals surface area (Å²) in [5, 5.41) is 2.92. The molecule has 0 saturated heterocycles. The molecule has 86 valence electrons. The fourth-order valence-corrected chi connectivity index (χ4v) is 2.11. The molecule has 1 fully saturated rings. The Balaban J connectivity index is 2.00. The Morgan fingerprint density at radius 3 is 3.00 bits per heavy atom. The SMILES string of the molecule is Cc1ncccc1NC(=O)C1CCC(N)C1. The summed E-state index contributed by atoms with van der Waals surface area (Å²) in [6.07, 6.45) is 4.36. The van der Waals surface area contributed by atoms with Crippen LogP contribution in [0.2, 0.25) is 0 Å². The predicted molar refractivity (Wildman–Crippen MR) is 62.9 cm³/mol. The topological polar surface area (TPSA) is 68.0 Å². The van der Waals surface area contributed by atoms with E-state index in [0.29, 0.717) is 0 Å². The number of amides is 1. The second-order valence-corrected chi connectivity index (χ2v) is 4.40. The molecular weight excluding hydrogens is 202 g/mol. The van der Waals surface area contributed by atoms with Gasteiger partial charge in [0.15, 0.2) is 0 Å². The van der Waals surface area contributed by atoms with Crippen molar-refractivity contribution in [2.75, 3.05) is 5.32 Å². The second-order valence-electron chi connectivity index (χ2n) is 4.40. The van der Waals surface area contributed by atoms with E-state index < -0.39 is 0 Å². The molecule has 3 N–H and O–H groups in total. The minimum absolute atomic E-state index is 0.0645. The lowest BCUT2D eigenvalue weighted by atomic mass is 10.1. The molecule has 2 unspecified atom stereocenters. The maximum atomic E-state index is 11.9. The molecule has 1 heterocycles. The Labute approximate surface area is 95.3 Å². The van der Waals surface area contributed by atoms with Gasteiger partial charge in [-0.1, -0.05) is 0 Å². The first-order chi connectivity index (χ1) is 7.66. The van der Waals surface area contributed by atoms with Crippen LogP contribution in [0.15, 0.2) is 18.3 Å². The minimum Gasteiger partial charge on any atom is -0.328 e. The quantitative estimate of drug-likeness (QED) is 0.791. The summed E-state index contributed by atoms with van der Waals surface area (Å²) in [5.74, 6) is 0.138. The number of carbonyl (C=O) groups is 1. The van der Waals surface area contributed by atoms with Gasteiger partial charge in [-0.15, -0.1) is 0 Å². The number of aromatic nitrogens is 1. The van der Waals surface area contributed by atoms with Crippen LogP contribution in [0.25, 0.3) is 0 Å². The largest absolute Gasteiger partial charge is 0.328 e. The molecule has 16 heavy (non-hydrogen) atoms. The first-order valence-corrected chi connectivity index (χ1v) is 5.65. The van der Waals surface area contributed by atoms with E-state index in [-0.39, 0.29) is 17.9 Å². The molecule has 2 atom stereocenters. The lowest BCUT2D eigenvalue weighted by Crippen LogP contribution is -2.23. The van der Waals surface area contributed by atoms with Gasteiger partial charge in [-0.2, -0.15) is 0 Å². The number of aryl methyl sites for hydroxylation is 1. The van der Waals surface area contributed by atoms with Crippen molar-refractivity contribution in [3.8, 4) is 0 Å². The summed E-state index contributed by atoms with van der Waals surface area (Å²) < 4.78 is 0. The standard InChI is InChI=1S/C12H17N3O/c1-8-11(3-2-6-14-8)15-12(16)9-4-5-10(13)7-9/h2-3,6,9-10H,4-5,7,13H2,1H3,(H,15,16). The van der Waals surface area contributed by atoms with E-state index in [2.05, 4.69) is 10.3 Å². The lowest BCUT2D eigenvalue weighted by molar-refractivity contribution is -0.119. The minimum atomic E-state index is 0.0645. The zero-order valence-corrected chi connectivity index (χ0v) is 9.44. The van der Waals surface area contributed by atoms with Crippen LogP contribution < -0.4 is 11.1 Å². The van der Waals surface area contributed by atoms with Gasteiger partial charge in [0.2, 0.25) is 5.91 Å². The molecule has 1 aliphatic rings. The van der Waals surface area contributed by atoms with Crippen molar-refractivity contribution < 1.29 is 4.79 Å². The highest BCUT2D eigenvalue weighted by Crippen LogP contribution is 2.25. The Hall–Kier alpha value is -1.42. The maximum Gasteiger partial charge on any atom is 0.227 e. The van der Waals surface area contributed by atoms with Gasteiger partial charge in [0.05, 0.1) is 11.4 Å². The van der Waals surface area contributed by atoms with Gasteiger partial charge in [-0.05, 0) is 38.3 Å². The number of anilines is 1. The van der Waals surface area contributed by atoms with Gasteiger partial charge in [-0.25, -0.2) is 0 Å². The lowest BCUT2D eigenvalue weighted by Gasteiger charge is -2.11. The van der Waals surface area contributed by atoms with Gasteiger partial charge < -0.3 is 11.1 Å². The maximum absolute atomic E-state index is 11.9. The number of nitrogens with two attached hydrogens (primary N) is 1. The molecule has 1 aliphatic carbocycles. The van der Waals surface area contributed by atoms with Gasteiger partial charge in [-0.3, -0.25) is 9.78 Å². The van der Waals surface area contributed by atoms with Gasteiger partial charge in [0, 0.05) is 18.2 Å². The summed E-state index contributed by atoms with van der Waals surface area (Å²) in [6.45, 7) is 1.88. The molecule has 1 saturated carbocycles. The third-order valence-corrected chi connectivity index (χ3v) is 3.11. The van der Waals surface area contributed by atoms with Crippen LogP contribution in [0.3, 0.4) is 0 Å². The van der Waals surface area contributed by atoms with Crippen LogP contribution in [0.1, 0.15) is 25.0 Å². The van der Waals surface area contributed by atoms with Crippen molar-refractivity contribution in [2.45, 2.75) is 32.2 Å². The summed E-state index contributed by atoms with van der Waals surface area (Å²) in [4.78, 5) is 16.1. The highest BCUT2D eigenvalue weighted by Gasteiger charge is 2.27. The van der Waals surface area contributed by atoms with Crippen LogP contribution >= 0.6 is 0 Å². The molecule has 0 radical (unpaired) electrons. The molecule has 1 aromatic rings. The van der Waals surface area contributed by atoms with E-state index in [0.717, 1.165) is 30.6 Å². The molecule has 0 spiro atoms. The molecule has 1 amide bonds. The number of nitrogens with zero attached hydrogens (tertiary/aromatic N) is 1. The molecular formula is C12H17N3O. The van der Waals surface area contributed by atoms with Crippen LogP contribution in [-0.4, -0.2) is 16.9 Å². The van der Waals surface area contributed by atoms with Crippen molar-refractivity contribution in [1.82, 2.24) is 4.98 Å². The normalized spacial score (nSPS) is 24.4. The van der Waals surface area contributed by atoms with Crippen LogP contribution in [0.4, 0.5) is 5.69 Å². The second kappa shape index (κ2) is 4.61. The van der Waals surface area contributed by atoms with Gasteiger partial charge in [0.1, 0.15) is 0 Å². The first-order valence-electron chi connectivity index (χ1n) is 5.65. The molecule has 0 aliphatic heterocycles. The third-order valence-electron chi connectivity index (χ3n) is 3.11. The van der Waals surface area contributed by atoms with Crippen molar-refractivity contribution >= 4 is 11.6 Å². The zero-order chi connectivity index (χ0) is 11.5. The number of hydrogen-bond donors (Lipinski definition) is 2. The fourth-order valence-electron chi connectivity index (χ4n) is 2.11. The zero-order valence-electron chi connectivity index (χ0n) is 9.44. The van der Waals surface area contributed by atoms with Crippen molar-refractivity contribution in [3.63, 3.8) is 0 Å². The Bertz CT molecular complexity index is 392. The smallest absolute Gasteiger partial charge is 0.227 e. The summed E-state index contributed by atoms with van der Waals surface area (Å²) in [6, 6.07) is 3.88. The first kappa shape index (κ1) is 11.1. The molecule has 1 aromatic heterocycles. The van der Waals surface area contributed by atoms with E-state index in [1.807, 2.05) is 19.1 Å². The molecule has 2 rings (SSSR count). The van der Waals surface area contributed by atoms with E-state index in [1.54, 1.807) is 6.20 Å². The highest BCUT2D eigenvalue weighted by atomic mass is 16.1. The van der Waals surface area contributed by atoms with Crippen LogP contribution in [-0.2, 0) is 4.79 Å². The van der Waals surface area contributed by atoms with Crippen molar-refractivity contribution in [3.05, 3.63) is 24.0 Å². The number of nitrogens with one attached hydrogen (secondary N) is 1. The van der Waals surface area contributed by atoms with Crippen LogP contribution in [0, 0.1) is 12.8 Å². The summed E-state index contributed by atoms with van der Waals surface area (Å²) >= 11 is 0. The van der Waals surface area contributed by atoms with Crippen molar-refractivity contribution in [2.24, 2.45) is 11.7 Å². The Morgan fingerprint density at radius 2 is 2.38 bits per heavy atom. The summed E-state index contributed by atoms with van der Waals surface area (Å²) in [7, 11) is 0. The average Bonchev–Trinajstić information content (AvgIpc) is 2.68. The van der Waals surface area contributed by atoms with Crippen molar-refractivity contribution in [1.29, 1.82) is 0 Å². The van der Waals surface area contributed by atoms with E-state index in [4.69, 9.17) is 5.73 Å². The molecule has 0 aromatic carbocycles. The number of hydrogen-bond acceptors (Lipinski definition) is 3. The van der Waals surface area contributed by atoms with Crippen LogP contribution in [0.5, 0.6) is 0 Å². The monoisotopic (exact) mass is 219 g/mol. The van der Waals surface area contributed by atoms with E-state index in [9.17, 15) is 4.79 Å². The van der Waals surface area contributed by atoms with Gasteiger partial charge >= 0.3 is 0 Å². The number of carbonyl (C=O) groups excluding carboxylic acids is 1. The number of rotatable bonds is 2.